The summed E-state index contributed by atoms with van der Waals surface area (Å²) in [5, 5.41) is 3.52. The van der Waals surface area contributed by atoms with Gasteiger partial charge in [-0.3, -0.25) is 4.79 Å². The van der Waals surface area contributed by atoms with Crippen molar-refractivity contribution in [2.24, 2.45) is 5.92 Å². The van der Waals surface area contributed by atoms with E-state index in [0.717, 1.165) is 30.3 Å². The van der Waals surface area contributed by atoms with Crippen molar-refractivity contribution < 1.29 is 18.0 Å². The third-order valence-electron chi connectivity index (χ3n) is 3.10. The molecule has 1 aromatic carbocycles. The van der Waals surface area contributed by atoms with E-state index < -0.39 is 17.6 Å². The second-order valence-corrected chi connectivity index (χ2v) is 5.33. The van der Waals surface area contributed by atoms with Crippen molar-refractivity contribution in [3.63, 3.8) is 0 Å². The van der Waals surface area contributed by atoms with E-state index in [1.807, 2.05) is 6.92 Å². The minimum atomic E-state index is -4.43. The Morgan fingerprint density at radius 1 is 1.40 bits per heavy atom. The van der Waals surface area contributed by atoms with Crippen LogP contribution in [0.25, 0.3) is 0 Å². The van der Waals surface area contributed by atoms with E-state index in [9.17, 15) is 18.0 Å². The molecule has 0 radical (unpaired) electrons. The molecular weight excluding hydrogens is 335 g/mol. The Kier molecular flexibility index (Phi) is 6.52. The molecule has 0 bridgehead atoms. The molecule has 0 aliphatic rings. The number of carbonyl (C=O) groups excluding carboxylic acids is 1. The van der Waals surface area contributed by atoms with E-state index in [-0.39, 0.29) is 5.56 Å². The summed E-state index contributed by atoms with van der Waals surface area (Å²) in [5.74, 6) is -0.145. The third-order valence-corrected chi connectivity index (χ3v) is 3.56. The summed E-state index contributed by atoms with van der Waals surface area (Å²) >= 11 is 3.34. The molecule has 1 atom stereocenters. The van der Waals surface area contributed by atoms with Crippen LogP contribution in [0.3, 0.4) is 0 Å². The molecule has 0 aliphatic carbocycles. The molecule has 1 rings (SSSR count). The highest BCUT2D eigenvalue weighted by atomic mass is 79.9. The first kappa shape index (κ1) is 17.0. The van der Waals surface area contributed by atoms with Crippen molar-refractivity contribution in [2.45, 2.75) is 25.9 Å². The van der Waals surface area contributed by atoms with Crippen molar-refractivity contribution in [2.75, 3.05) is 11.9 Å². The molecule has 2 nitrogen and oxygen atoms in total. The number of carbonyl (C=O) groups is 1. The molecule has 0 heterocycles. The zero-order chi connectivity index (χ0) is 15.2. The van der Waals surface area contributed by atoms with Gasteiger partial charge in [0.15, 0.2) is 0 Å². The summed E-state index contributed by atoms with van der Waals surface area (Å²) < 4.78 is 37.7. The molecule has 1 unspecified atom stereocenters. The van der Waals surface area contributed by atoms with Gasteiger partial charge in [-0.05, 0) is 30.5 Å². The molecule has 0 saturated heterocycles. The lowest BCUT2D eigenvalue weighted by Gasteiger charge is -2.14. The van der Waals surface area contributed by atoms with Crippen LogP contribution in [0.4, 0.5) is 13.2 Å². The number of rotatable bonds is 6. The van der Waals surface area contributed by atoms with Crippen molar-refractivity contribution in [3.8, 4) is 0 Å². The Bertz CT molecular complexity index is 448. The molecule has 112 valence electrons. The number of nitrogens with one attached hydrogen (secondary N) is 1. The maximum atomic E-state index is 12.6. The topological polar surface area (TPSA) is 29.1 Å². The number of amides is 1. The van der Waals surface area contributed by atoms with Crippen LogP contribution in [-0.4, -0.2) is 17.8 Å². The Labute approximate surface area is 124 Å². The largest absolute Gasteiger partial charge is 0.416 e. The highest BCUT2D eigenvalue weighted by Crippen LogP contribution is 2.29. The minimum Gasteiger partial charge on any atom is -0.352 e. The third kappa shape index (κ3) is 5.15. The molecule has 0 saturated carbocycles. The van der Waals surface area contributed by atoms with Crippen LogP contribution in [0.5, 0.6) is 0 Å². The van der Waals surface area contributed by atoms with Crippen LogP contribution < -0.4 is 5.32 Å². The summed E-state index contributed by atoms with van der Waals surface area (Å²) in [6, 6.07) is 4.46. The van der Waals surface area contributed by atoms with Gasteiger partial charge in [0.05, 0.1) is 5.56 Å². The van der Waals surface area contributed by atoms with Gasteiger partial charge >= 0.3 is 6.18 Å². The molecule has 0 aromatic heterocycles. The van der Waals surface area contributed by atoms with Crippen LogP contribution in [0.2, 0.25) is 0 Å². The zero-order valence-electron chi connectivity index (χ0n) is 11.1. The predicted molar refractivity (Wildman–Crippen MR) is 76.0 cm³/mol. The number of benzene rings is 1. The molecule has 6 heteroatoms. The second-order valence-electron chi connectivity index (χ2n) is 4.54. The van der Waals surface area contributed by atoms with Gasteiger partial charge in [-0.15, -0.1) is 0 Å². The molecule has 20 heavy (non-hydrogen) atoms. The van der Waals surface area contributed by atoms with E-state index in [2.05, 4.69) is 21.2 Å². The highest BCUT2D eigenvalue weighted by molar-refractivity contribution is 9.09. The lowest BCUT2D eigenvalue weighted by atomic mass is 10.0. The molecule has 0 aliphatic heterocycles. The monoisotopic (exact) mass is 351 g/mol. The molecule has 0 fully saturated rings. The van der Waals surface area contributed by atoms with E-state index >= 15 is 0 Å². The van der Waals surface area contributed by atoms with Crippen LogP contribution in [0, 0.1) is 5.92 Å². The second kappa shape index (κ2) is 7.67. The van der Waals surface area contributed by atoms with Gasteiger partial charge in [-0.1, -0.05) is 35.3 Å². The fraction of sp³-hybridized carbons (Fsp3) is 0.500. The molecular formula is C14H17BrF3NO. The molecule has 0 spiro atoms. The van der Waals surface area contributed by atoms with Crippen LogP contribution in [0.1, 0.15) is 35.7 Å². The number of halogens is 4. The zero-order valence-corrected chi connectivity index (χ0v) is 12.7. The summed E-state index contributed by atoms with van der Waals surface area (Å²) in [6.07, 6.45) is -2.61. The Balaban J connectivity index is 2.68. The van der Waals surface area contributed by atoms with Gasteiger partial charge < -0.3 is 5.32 Å². The van der Waals surface area contributed by atoms with Crippen molar-refractivity contribution in [3.05, 3.63) is 35.4 Å². The maximum Gasteiger partial charge on any atom is 0.416 e. The Hall–Kier alpha value is -1.04. The fourth-order valence-electron chi connectivity index (χ4n) is 1.78. The van der Waals surface area contributed by atoms with Gasteiger partial charge in [0, 0.05) is 17.4 Å². The first-order valence-corrected chi connectivity index (χ1v) is 7.52. The highest BCUT2D eigenvalue weighted by Gasteiger charge is 2.30. The molecule has 1 aromatic rings. The average Bonchev–Trinajstić information content (AvgIpc) is 2.42. The standard InChI is InChI=1S/C14H17BrF3NO/c1-2-10(6-7-15)9-19-13(20)11-4-3-5-12(8-11)14(16,17)18/h3-5,8,10H,2,6-7,9H2,1H3,(H,19,20). The average molecular weight is 352 g/mol. The summed E-state index contributed by atoms with van der Waals surface area (Å²) in [4.78, 5) is 11.9. The summed E-state index contributed by atoms with van der Waals surface area (Å²) in [7, 11) is 0. The van der Waals surface area contributed by atoms with Gasteiger partial charge in [-0.2, -0.15) is 13.2 Å². The van der Waals surface area contributed by atoms with Crippen LogP contribution >= 0.6 is 15.9 Å². The van der Waals surface area contributed by atoms with Crippen molar-refractivity contribution in [1.82, 2.24) is 5.32 Å². The lowest BCUT2D eigenvalue weighted by molar-refractivity contribution is -0.137. The normalized spacial score (nSPS) is 13.1. The lowest BCUT2D eigenvalue weighted by Crippen LogP contribution is -2.29. The SMILES string of the molecule is CCC(CCBr)CNC(=O)c1cccc(C(F)(F)F)c1. The van der Waals surface area contributed by atoms with E-state index in [0.29, 0.717) is 12.5 Å². The number of hydrogen-bond acceptors (Lipinski definition) is 1. The maximum absolute atomic E-state index is 12.6. The minimum absolute atomic E-state index is 0.0357. The van der Waals surface area contributed by atoms with Gasteiger partial charge in [0.2, 0.25) is 0 Å². The molecule has 1 N–H and O–H groups in total. The van der Waals surface area contributed by atoms with Crippen molar-refractivity contribution in [1.29, 1.82) is 0 Å². The number of alkyl halides is 4. The van der Waals surface area contributed by atoms with E-state index in [4.69, 9.17) is 0 Å². The Morgan fingerprint density at radius 3 is 2.65 bits per heavy atom. The van der Waals surface area contributed by atoms with Gasteiger partial charge in [-0.25, -0.2) is 0 Å². The first-order valence-electron chi connectivity index (χ1n) is 6.40. The van der Waals surface area contributed by atoms with E-state index in [1.165, 1.54) is 12.1 Å². The van der Waals surface area contributed by atoms with Crippen molar-refractivity contribution >= 4 is 21.8 Å². The van der Waals surface area contributed by atoms with Crippen LogP contribution in [0.15, 0.2) is 24.3 Å². The first-order chi connectivity index (χ1) is 9.38. The molecule has 1 amide bonds. The predicted octanol–water partition coefficient (Wildman–Crippen LogP) is 4.25. The van der Waals surface area contributed by atoms with Gasteiger partial charge in [0.1, 0.15) is 0 Å². The fourth-order valence-corrected chi connectivity index (χ4v) is 2.43. The van der Waals surface area contributed by atoms with E-state index in [1.54, 1.807) is 0 Å². The quantitative estimate of drug-likeness (QED) is 0.762. The summed E-state index contributed by atoms with van der Waals surface area (Å²) in [5.41, 5.74) is -0.772. The Morgan fingerprint density at radius 2 is 2.10 bits per heavy atom. The summed E-state index contributed by atoms with van der Waals surface area (Å²) in [6.45, 7) is 2.49. The number of hydrogen-bond donors (Lipinski definition) is 1. The van der Waals surface area contributed by atoms with Gasteiger partial charge in [0.25, 0.3) is 5.91 Å². The smallest absolute Gasteiger partial charge is 0.352 e. The van der Waals surface area contributed by atoms with Crippen LogP contribution in [-0.2, 0) is 6.18 Å².